The zero-order chi connectivity index (χ0) is 20.1. The maximum absolute atomic E-state index is 13.7. The van der Waals surface area contributed by atoms with Crippen LogP contribution in [0.3, 0.4) is 0 Å². The molecule has 142 valence electrons. The Kier molecular flexibility index (Phi) is 5.54. The Bertz CT molecular complexity index is 1030. The topological polar surface area (TPSA) is 93.2 Å². The Morgan fingerprint density at radius 2 is 1.79 bits per heavy atom. The Morgan fingerprint density at radius 1 is 1.04 bits per heavy atom. The van der Waals surface area contributed by atoms with Crippen molar-refractivity contribution in [2.45, 2.75) is 0 Å². The molecule has 1 amide bonds. The highest BCUT2D eigenvalue weighted by atomic mass is 19.1. The first-order valence-corrected chi connectivity index (χ1v) is 8.01. The summed E-state index contributed by atoms with van der Waals surface area (Å²) in [5, 5.41) is 5.21. The van der Waals surface area contributed by atoms with Gasteiger partial charge in [0.05, 0.1) is 18.4 Å². The predicted octanol–water partition coefficient (Wildman–Crippen LogP) is 3.54. The van der Waals surface area contributed by atoms with Crippen LogP contribution in [-0.4, -0.2) is 29.0 Å². The summed E-state index contributed by atoms with van der Waals surface area (Å²) in [6, 6.07) is 10.5. The normalized spacial score (nSPS) is 10.2. The van der Waals surface area contributed by atoms with E-state index in [0.717, 1.165) is 12.1 Å². The highest BCUT2D eigenvalue weighted by Gasteiger charge is 2.13. The van der Waals surface area contributed by atoms with Crippen LogP contribution in [0.15, 0.2) is 54.7 Å². The number of carbonyl (C=O) groups excluding carboxylic acids is 2. The van der Waals surface area contributed by atoms with Gasteiger partial charge in [0, 0.05) is 18.0 Å². The number of halogens is 2. The number of esters is 1. The van der Waals surface area contributed by atoms with E-state index >= 15 is 0 Å². The predicted molar refractivity (Wildman–Crippen MR) is 97.4 cm³/mol. The summed E-state index contributed by atoms with van der Waals surface area (Å²) in [6.07, 6.45) is 1.36. The molecule has 0 unspecified atom stereocenters. The van der Waals surface area contributed by atoms with Crippen molar-refractivity contribution < 1.29 is 23.1 Å². The number of rotatable bonds is 5. The van der Waals surface area contributed by atoms with Crippen LogP contribution >= 0.6 is 0 Å². The van der Waals surface area contributed by atoms with Gasteiger partial charge in [0.15, 0.2) is 0 Å². The number of hydrogen-bond donors (Lipinski definition) is 2. The van der Waals surface area contributed by atoms with Crippen LogP contribution in [0.5, 0.6) is 0 Å². The van der Waals surface area contributed by atoms with Crippen molar-refractivity contribution in [1.82, 2.24) is 9.97 Å². The van der Waals surface area contributed by atoms with Crippen LogP contribution in [0.2, 0.25) is 0 Å². The lowest BCUT2D eigenvalue weighted by Crippen LogP contribution is -2.15. The molecule has 0 saturated carbocycles. The van der Waals surface area contributed by atoms with Crippen LogP contribution in [0, 0.1) is 11.6 Å². The zero-order valence-electron chi connectivity index (χ0n) is 14.6. The smallest absolute Gasteiger partial charge is 0.337 e. The molecule has 2 aromatic carbocycles. The van der Waals surface area contributed by atoms with E-state index in [1.54, 1.807) is 24.3 Å². The highest BCUT2D eigenvalue weighted by Crippen LogP contribution is 2.17. The van der Waals surface area contributed by atoms with Crippen molar-refractivity contribution in [3.05, 3.63) is 77.6 Å². The molecule has 3 rings (SSSR count). The van der Waals surface area contributed by atoms with E-state index < -0.39 is 23.5 Å². The van der Waals surface area contributed by atoms with Gasteiger partial charge in [-0.2, -0.15) is 0 Å². The zero-order valence-corrected chi connectivity index (χ0v) is 14.6. The number of benzene rings is 2. The molecule has 0 spiro atoms. The fraction of sp³-hybridized carbons (Fsp3) is 0.0526. The number of methoxy groups -OCH3 is 1. The van der Waals surface area contributed by atoms with E-state index in [-0.39, 0.29) is 17.3 Å². The average Bonchev–Trinajstić information content (AvgIpc) is 2.70. The van der Waals surface area contributed by atoms with Gasteiger partial charge < -0.3 is 15.4 Å². The number of ether oxygens (including phenoxy) is 1. The molecule has 28 heavy (non-hydrogen) atoms. The molecule has 0 bridgehead atoms. The fourth-order valence-electron chi connectivity index (χ4n) is 2.26. The molecular weight excluding hydrogens is 370 g/mol. The summed E-state index contributed by atoms with van der Waals surface area (Å²) in [4.78, 5) is 31.8. The van der Waals surface area contributed by atoms with Gasteiger partial charge in [0.2, 0.25) is 5.95 Å². The molecule has 1 aromatic heterocycles. The van der Waals surface area contributed by atoms with Crippen molar-refractivity contribution in [2.24, 2.45) is 0 Å². The maximum atomic E-state index is 13.7. The Hall–Kier alpha value is -3.88. The van der Waals surface area contributed by atoms with Crippen LogP contribution in [0.1, 0.15) is 20.8 Å². The van der Waals surface area contributed by atoms with Crippen molar-refractivity contribution in [3.63, 3.8) is 0 Å². The third kappa shape index (κ3) is 4.44. The number of amides is 1. The van der Waals surface area contributed by atoms with Crippen LogP contribution in [-0.2, 0) is 4.74 Å². The molecule has 9 heteroatoms. The maximum Gasteiger partial charge on any atom is 0.337 e. The Labute approximate surface area is 158 Å². The molecule has 0 radical (unpaired) electrons. The largest absolute Gasteiger partial charge is 0.465 e. The first-order chi connectivity index (χ1) is 13.5. The van der Waals surface area contributed by atoms with Crippen LogP contribution < -0.4 is 10.6 Å². The van der Waals surface area contributed by atoms with E-state index in [1.165, 1.54) is 19.4 Å². The fourth-order valence-corrected chi connectivity index (χ4v) is 2.26. The minimum Gasteiger partial charge on any atom is -0.465 e. The molecule has 0 fully saturated rings. The molecule has 1 heterocycles. The van der Waals surface area contributed by atoms with Gasteiger partial charge in [-0.05, 0) is 42.5 Å². The number of aromatic nitrogens is 2. The summed E-state index contributed by atoms with van der Waals surface area (Å²) < 4.78 is 31.2. The minimum atomic E-state index is -0.897. The summed E-state index contributed by atoms with van der Waals surface area (Å²) in [5.41, 5.74) is 0.767. The van der Waals surface area contributed by atoms with E-state index in [0.29, 0.717) is 17.3 Å². The summed E-state index contributed by atoms with van der Waals surface area (Å²) in [7, 11) is 1.29. The van der Waals surface area contributed by atoms with E-state index in [1.807, 2.05) is 0 Å². The average molecular weight is 384 g/mol. The van der Waals surface area contributed by atoms with Crippen LogP contribution in [0.4, 0.5) is 26.1 Å². The second kappa shape index (κ2) is 8.21. The second-order valence-corrected chi connectivity index (χ2v) is 5.54. The van der Waals surface area contributed by atoms with E-state index in [2.05, 4.69) is 25.3 Å². The third-order valence-corrected chi connectivity index (χ3v) is 3.63. The standard InChI is InChI=1S/C19H14F2N4O3/c1-28-18(27)11-2-5-13(6-3-11)23-19-22-9-8-16(25-19)17(26)24-15-7-4-12(20)10-14(15)21/h2-10H,1H3,(H,24,26)(H,22,23,25). The number of hydrogen-bond acceptors (Lipinski definition) is 6. The van der Waals surface area contributed by atoms with Gasteiger partial charge in [0.1, 0.15) is 17.3 Å². The number of nitrogens with zero attached hydrogens (tertiary/aromatic N) is 2. The third-order valence-electron chi connectivity index (χ3n) is 3.63. The summed E-state index contributed by atoms with van der Waals surface area (Å²) in [6.45, 7) is 0. The highest BCUT2D eigenvalue weighted by molar-refractivity contribution is 6.03. The van der Waals surface area contributed by atoms with Gasteiger partial charge in [-0.15, -0.1) is 0 Å². The second-order valence-electron chi connectivity index (χ2n) is 5.54. The molecule has 0 aliphatic rings. The number of anilines is 3. The molecular formula is C19H14F2N4O3. The van der Waals surface area contributed by atoms with Crippen molar-refractivity contribution in [1.29, 1.82) is 0 Å². The monoisotopic (exact) mass is 384 g/mol. The lowest BCUT2D eigenvalue weighted by molar-refractivity contribution is 0.0600. The quantitative estimate of drug-likeness (QED) is 0.654. The summed E-state index contributed by atoms with van der Waals surface area (Å²) in [5.74, 6) is -2.67. The Morgan fingerprint density at radius 3 is 2.46 bits per heavy atom. The number of nitrogens with one attached hydrogen (secondary N) is 2. The molecule has 2 N–H and O–H groups in total. The molecule has 0 aliphatic carbocycles. The Balaban J connectivity index is 1.72. The SMILES string of the molecule is COC(=O)c1ccc(Nc2nccc(C(=O)Nc3ccc(F)cc3F)n2)cc1. The van der Waals surface area contributed by atoms with Gasteiger partial charge >= 0.3 is 5.97 Å². The molecule has 0 saturated heterocycles. The molecule has 7 nitrogen and oxygen atoms in total. The van der Waals surface area contributed by atoms with E-state index in [9.17, 15) is 18.4 Å². The molecule has 3 aromatic rings. The van der Waals surface area contributed by atoms with E-state index in [4.69, 9.17) is 0 Å². The van der Waals surface area contributed by atoms with Crippen molar-refractivity contribution in [2.75, 3.05) is 17.7 Å². The summed E-state index contributed by atoms with van der Waals surface area (Å²) >= 11 is 0. The molecule has 0 atom stereocenters. The van der Waals surface area contributed by atoms with Gasteiger partial charge in [-0.25, -0.2) is 23.5 Å². The number of carbonyl (C=O) groups is 2. The van der Waals surface area contributed by atoms with Gasteiger partial charge in [-0.3, -0.25) is 4.79 Å². The first-order valence-electron chi connectivity index (χ1n) is 8.01. The van der Waals surface area contributed by atoms with Crippen molar-refractivity contribution >= 4 is 29.2 Å². The first kappa shape index (κ1) is 18.9. The van der Waals surface area contributed by atoms with Gasteiger partial charge in [-0.1, -0.05) is 0 Å². The van der Waals surface area contributed by atoms with Crippen LogP contribution in [0.25, 0.3) is 0 Å². The van der Waals surface area contributed by atoms with Gasteiger partial charge in [0.25, 0.3) is 5.91 Å². The van der Waals surface area contributed by atoms with Crippen molar-refractivity contribution in [3.8, 4) is 0 Å². The molecule has 0 aliphatic heterocycles. The minimum absolute atomic E-state index is 0.0209. The lowest BCUT2D eigenvalue weighted by Gasteiger charge is -2.08. The lowest BCUT2D eigenvalue weighted by atomic mass is 10.2.